The van der Waals surface area contributed by atoms with Gasteiger partial charge in [-0.25, -0.2) is 0 Å². The average molecular weight is 300 g/mol. The van der Waals surface area contributed by atoms with Crippen LogP contribution >= 0.6 is 0 Å². The largest absolute Gasteiger partial charge is 0.481 e. The molecule has 2 fully saturated rings. The second-order valence-corrected chi connectivity index (χ2v) is 5.95. The van der Waals surface area contributed by atoms with Gasteiger partial charge in [0.15, 0.2) is 0 Å². The quantitative estimate of drug-likeness (QED) is 0.777. The van der Waals surface area contributed by atoms with Crippen molar-refractivity contribution < 1.29 is 9.47 Å². The highest BCUT2D eigenvalue weighted by atomic mass is 16.5. The van der Waals surface area contributed by atoms with Gasteiger partial charge in [0.2, 0.25) is 0 Å². The highest BCUT2D eigenvalue weighted by molar-refractivity contribution is 5.33. The molecule has 1 N–H and O–H groups in total. The van der Waals surface area contributed by atoms with Gasteiger partial charge < -0.3 is 14.8 Å². The smallest absolute Gasteiger partial charge is 0.148 e. The van der Waals surface area contributed by atoms with Crippen molar-refractivity contribution >= 4 is 0 Å². The number of para-hydroxylation sites is 1. The SMILES string of the molecule is C#CCOc1ccccc1CNCC1CN(C2CC2)CCO1. The van der Waals surface area contributed by atoms with Crippen molar-refractivity contribution in [3.63, 3.8) is 0 Å². The zero-order chi connectivity index (χ0) is 15.2. The minimum Gasteiger partial charge on any atom is -0.481 e. The maximum absolute atomic E-state index is 5.86. The number of ether oxygens (including phenoxy) is 2. The third kappa shape index (κ3) is 4.23. The van der Waals surface area contributed by atoms with Crippen LogP contribution in [0.3, 0.4) is 0 Å². The Labute approximate surface area is 132 Å². The monoisotopic (exact) mass is 300 g/mol. The summed E-state index contributed by atoms with van der Waals surface area (Å²) in [4.78, 5) is 2.57. The molecule has 0 bridgehead atoms. The summed E-state index contributed by atoms with van der Waals surface area (Å²) >= 11 is 0. The van der Waals surface area contributed by atoms with E-state index in [2.05, 4.69) is 22.2 Å². The molecule has 0 amide bonds. The Morgan fingerprint density at radius 1 is 1.36 bits per heavy atom. The average Bonchev–Trinajstić information content (AvgIpc) is 3.39. The third-order valence-corrected chi connectivity index (χ3v) is 4.20. The van der Waals surface area contributed by atoms with E-state index in [1.165, 1.54) is 12.8 Å². The van der Waals surface area contributed by atoms with Crippen molar-refractivity contribution in [3.05, 3.63) is 29.8 Å². The van der Waals surface area contributed by atoms with Gasteiger partial charge in [0.1, 0.15) is 12.4 Å². The molecule has 2 aliphatic rings. The molecule has 1 heterocycles. The molecule has 3 rings (SSSR count). The van der Waals surface area contributed by atoms with Crippen molar-refractivity contribution in [3.8, 4) is 18.1 Å². The fourth-order valence-electron chi connectivity index (χ4n) is 2.91. The molecule has 1 saturated carbocycles. The maximum Gasteiger partial charge on any atom is 0.148 e. The molecule has 1 aromatic rings. The summed E-state index contributed by atoms with van der Waals surface area (Å²) in [6.45, 7) is 4.93. The van der Waals surface area contributed by atoms with Crippen LogP contribution in [0.4, 0.5) is 0 Å². The molecular formula is C18H24N2O2. The summed E-state index contributed by atoms with van der Waals surface area (Å²) in [5.74, 6) is 3.36. The van der Waals surface area contributed by atoms with Crippen LogP contribution in [0.5, 0.6) is 5.75 Å². The van der Waals surface area contributed by atoms with Crippen LogP contribution in [-0.4, -0.2) is 49.9 Å². The van der Waals surface area contributed by atoms with Crippen molar-refractivity contribution in [2.45, 2.75) is 31.5 Å². The second-order valence-electron chi connectivity index (χ2n) is 5.95. The predicted molar refractivity (Wildman–Crippen MR) is 86.8 cm³/mol. The number of terminal acetylenes is 1. The van der Waals surface area contributed by atoms with Gasteiger partial charge in [-0.3, -0.25) is 4.90 Å². The molecule has 1 atom stereocenters. The van der Waals surface area contributed by atoms with E-state index in [0.29, 0.717) is 6.61 Å². The summed E-state index contributed by atoms with van der Waals surface area (Å²) in [5, 5.41) is 3.48. The summed E-state index contributed by atoms with van der Waals surface area (Å²) in [5.41, 5.74) is 1.13. The molecule has 4 heteroatoms. The summed E-state index contributed by atoms with van der Waals surface area (Å²) in [7, 11) is 0. The van der Waals surface area contributed by atoms with E-state index in [9.17, 15) is 0 Å². The number of hydrogen-bond acceptors (Lipinski definition) is 4. The van der Waals surface area contributed by atoms with Crippen LogP contribution in [0.15, 0.2) is 24.3 Å². The molecule has 22 heavy (non-hydrogen) atoms. The molecule has 1 aliphatic carbocycles. The molecule has 1 aliphatic heterocycles. The van der Waals surface area contributed by atoms with Crippen molar-refractivity contribution in [1.82, 2.24) is 10.2 Å². The molecule has 0 aromatic heterocycles. The molecule has 1 aromatic carbocycles. The Morgan fingerprint density at radius 3 is 3.05 bits per heavy atom. The van der Waals surface area contributed by atoms with E-state index in [-0.39, 0.29) is 6.10 Å². The first-order chi connectivity index (χ1) is 10.9. The van der Waals surface area contributed by atoms with E-state index < -0.39 is 0 Å². The molecule has 0 radical (unpaired) electrons. The first-order valence-electron chi connectivity index (χ1n) is 8.07. The van der Waals surface area contributed by atoms with Crippen molar-refractivity contribution in [1.29, 1.82) is 0 Å². The summed E-state index contributed by atoms with van der Waals surface area (Å²) in [6.07, 6.45) is 8.26. The van der Waals surface area contributed by atoms with Gasteiger partial charge in [-0.05, 0) is 18.9 Å². The van der Waals surface area contributed by atoms with Crippen LogP contribution in [0.1, 0.15) is 18.4 Å². The number of benzene rings is 1. The third-order valence-electron chi connectivity index (χ3n) is 4.20. The van der Waals surface area contributed by atoms with Gasteiger partial charge in [0, 0.05) is 37.8 Å². The molecule has 118 valence electrons. The van der Waals surface area contributed by atoms with E-state index in [1.807, 2.05) is 18.2 Å². The number of nitrogens with zero attached hydrogens (tertiary/aromatic N) is 1. The van der Waals surface area contributed by atoms with Gasteiger partial charge in [0.05, 0.1) is 12.7 Å². The van der Waals surface area contributed by atoms with Gasteiger partial charge in [-0.1, -0.05) is 24.1 Å². The molecular weight excluding hydrogens is 276 g/mol. The highest BCUT2D eigenvalue weighted by Crippen LogP contribution is 2.28. The van der Waals surface area contributed by atoms with Gasteiger partial charge >= 0.3 is 0 Å². The molecule has 0 spiro atoms. The number of nitrogens with one attached hydrogen (secondary N) is 1. The lowest BCUT2D eigenvalue weighted by molar-refractivity contribution is -0.0301. The number of hydrogen-bond donors (Lipinski definition) is 1. The van der Waals surface area contributed by atoms with Crippen LogP contribution < -0.4 is 10.1 Å². The maximum atomic E-state index is 5.86. The van der Waals surface area contributed by atoms with E-state index >= 15 is 0 Å². The highest BCUT2D eigenvalue weighted by Gasteiger charge is 2.32. The fourth-order valence-corrected chi connectivity index (χ4v) is 2.91. The Kier molecular flexibility index (Phi) is 5.33. The first kappa shape index (κ1) is 15.4. The predicted octanol–water partition coefficient (Wildman–Crippen LogP) is 1.65. The zero-order valence-corrected chi connectivity index (χ0v) is 13.0. The summed E-state index contributed by atoms with van der Waals surface area (Å²) in [6, 6.07) is 8.83. The normalized spacial score (nSPS) is 22.2. The Bertz CT molecular complexity index is 522. The lowest BCUT2D eigenvalue weighted by Gasteiger charge is -2.33. The zero-order valence-electron chi connectivity index (χ0n) is 13.0. The first-order valence-corrected chi connectivity index (χ1v) is 8.07. The Balaban J connectivity index is 1.45. The molecule has 4 nitrogen and oxygen atoms in total. The second kappa shape index (κ2) is 7.64. The van der Waals surface area contributed by atoms with E-state index in [4.69, 9.17) is 15.9 Å². The van der Waals surface area contributed by atoms with Crippen LogP contribution in [0.2, 0.25) is 0 Å². The molecule has 1 unspecified atom stereocenters. The standard InChI is InChI=1S/C18H24N2O2/c1-2-10-22-18-6-4-3-5-15(18)12-19-13-17-14-20(9-11-21-17)16-7-8-16/h1,3-6,16-17,19H,7-14H2. The summed E-state index contributed by atoms with van der Waals surface area (Å²) < 4.78 is 11.4. The topological polar surface area (TPSA) is 33.7 Å². The van der Waals surface area contributed by atoms with E-state index in [0.717, 1.165) is 50.1 Å². The van der Waals surface area contributed by atoms with Crippen molar-refractivity contribution in [2.24, 2.45) is 0 Å². The lowest BCUT2D eigenvalue weighted by atomic mass is 10.2. The number of morpholine rings is 1. The van der Waals surface area contributed by atoms with Gasteiger partial charge in [0.25, 0.3) is 0 Å². The van der Waals surface area contributed by atoms with E-state index in [1.54, 1.807) is 0 Å². The lowest BCUT2D eigenvalue weighted by Crippen LogP contribution is -2.47. The Morgan fingerprint density at radius 2 is 2.23 bits per heavy atom. The van der Waals surface area contributed by atoms with Crippen molar-refractivity contribution in [2.75, 3.05) is 32.8 Å². The fraction of sp³-hybridized carbons (Fsp3) is 0.556. The molecule has 1 saturated heterocycles. The van der Waals surface area contributed by atoms with Gasteiger partial charge in [-0.2, -0.15) is 0 Å². The minimum atomic E-state index is 0.285. The van der Waals surface area contributed by atoms with Crippen LogP contribution in [-0.2, 0) is 11.3 Å². The van der Waals surface area contributed by atoms with Gasteiger partial charge in [-0.15, -0.1) is 6.42 Å². The van der Waals surface area contributed by atoms with Crippen LogP contribution in [0.25, 0.3) is 0 Å². The Hall–Kier alpha value is -1.54. The minimum absolute atomic E-state index is 0.285. The van der Waals surface area contributed by atoms with Crippen LogP contribution in [0, 0.1) is 12.3 Å². The number of rotatable bonds is 7.